The summed E-state index contributed by atoms with van der Waals surface area (Å²) in [6.07, 6.45) is 2.65. The van der Waals surface area contributed by atoms with Gasteiger partial charge in [0.1, 0.15) is 0 Å². The minimum Gasteiger partial charge on any atom is -0.326 e. The highest BCUT2D eigenvalue weighted by molar-refractivity contribution is 7.12. The number of hydrogen-bond acceptors (Lipinski definition) is 4. The summed E-state index contributed by atoms with van der Waals surface area (Å²) in [6.45, 7) is 0.988. The van der Waals surface area contributed by atoms with Crippen LogP contribution in [0.2, 0.25) is 0 Å². The van der Waals surface area contributed by atoms with Crippen molar-refractivity contribution >= 4 is 46.9 Å². The van der Waals surface area contributed by atoms with Crippen molar-refractivity contribution in [3.63, 3.8) is 0 Å². The summed E-state index contributed by atoms with van der Waals surface area (Å²) in [5.41, 5.74) is 1.36. The van der Waals surface area contributed by atoms with Crippen LogP contribution in [0.15, 0.2) is 41.8 Å². The van der Waals surface area contributed by atoms with Crippen LogP contribution in [0.5, 0.6) is 0 Å². The Morgan fingerprint density at radius 1 is 1.17 bits per heavy atom. The zero-order chi connectivity index (χ0) is 16.1. The first-order chi connectivity index (χ1) is 11.2. The quantitative estimate of drug-likeness (QED) is 0.759. The Morgan fingerprint density at radius 2 is 1.96 bits per heavy atom. The molecule has 0 spiro atoms. The lowest BCUT2D eigenvalue weighted by Crippen LogP contribution is -2.27. The lowest BCUT2D eigenvalue weighted by Gasteiger charge is -2.11. The van der Waals surface area contributed by atoms with E-state index >= 15 is 0 Å². The van der Waals surface area contributed by atoms with Crippen molar-refractivity contribution in [1.29, 1.82) is 0 Å². The number of carbonyl (C=O) groups excluding carboxylic acids is 2. The maximum absolute atomic E-state index is 12.1. The highest BCUT2D eigenvalue weighted by Crippen LogP contribution is 2.18. The molecule has 0 aliphatic carbocycles. The van der Waals surface area contributed by atoms with Gasteiger partial charge in [-0.25, -0.2) is 0 Å². The standard InChI is InChI=1S/C17H19N3O2S.ClH/c21-16(11-12-6-2-8-18-12)19-13-4-1-5-14(10-13)20-17(22)15-7-3-9-23-15;/h1,3-5,7,9-10,12,18H,2,6,8,11H2,(H,19,21)(H,20,22);1H. The molecular formula is C17H20ClN3O2S. The second-order valence-electron chi connectivity index (χ2n) is 5.56. The van der Waals surface area contributed by atoms with Crippen LogP contribution >= 0.6 is 23.7 Å². The molecule has 1 saturated heterocycles. The lowest BCUT2D eigenvalue weighted by molar-refractivity contribution is -0.116. The number of anilines is 2. The summed E-state index contributed by atoms with van der Waals surface area (Å²) in [5, 5.41) is 10.9. The lowest BCUT2D eigenvalue weighted by atomic mass is 10.1. The molecule has 24 heavy (non-hydrogen) atoms. The number of halogens is 1. The van der Waals surface area contributed by atoms with E-state index in [1.807, 2.05) is 23.6 Å². The van der Waals surface area contributed by atoms with Gasteiger partial charge in [-0.2, -0.15) is 0 Å². The predicted octanol–water partition coefficient (Wildman–Crippen LogP) is 3.50. The Balaban J connectivity index is 0.00000208. The molecule has 3 N–H and O–H groups in total. The first-order valence-electron chi connectivity index (χ1n) is 7.69. The molecule has 1 fully saturated rings. The van der Waals surface area contributed by atoms with Gasteiger partial charge >= 0.3 is 0 Å². The summed E-state index contributed by atoms with van der Waals surface area (Å²) >= 11 is 1.39. The van der Waals surface area contributed by atoms with Crippen molar-refractivity contribution in [2.24, 2.45) is 0 Å². The Morgan fingerprint density at radius 3 is 2.62 bits per heavy atom. The van der Waals surface area contributed by atoms with Crippen molar-refractivity contribution < 1.29 is 9.59 Å². The fourth-order valence-electron chi connectivity index (χ4n) is 2.64. The van der Waals surface area contributed by atoms with Crippen LogP contribution in [-0.2, 0) is 4.79 Å². The number of nitrogens with one attached hydrogen (secondary N) is 3. The number of carbonyl (C=O) groups is 2. The maximum atomic E-state index is 12.1. The van der Waals surface area contributed by atoms with Crippen LogP contribution in [0.25, 0.3) is 0 Å². The minimum absolute atomic E-state index is 0. The second-order valence-corrected chi connectivity index (χ2v) is 6.51. The van der Waals surface area contributed by atoms with Gasteiger partial charge in [-0.15, -0.1) is 23.7 Å². The van der Waals surface area contributed by atoms with E-state index < -0.39 is 0 Å². The highest BCUT2D eigenvalue weighted by Gasteiger charge is 2.17. The van der Waals surface area contributed by atoms with Gasteiger partial charge in [-0.3, -0.25) is 9.59 Å². The molecule has 1 aliphatic rings. The molecule has 128 valence electrons. The van der Waals surface area contributed by atoms with E-state index in [1.54, 1.807) is 18.2 Å². The topological polar surface area (TPSA) is 70.2 Å². The fraction of sp³-hybridized carbons (Fsp3) is 0.294. The average molecular weight is 366 g/mol. The zero-order valence-electron chi connectivity index (χ0n) is 13.1. The molecule has 2 aromatic rings. The van der Waals surface area contributed by atoms with Crippen LogP contribution in [0.1, 0.15) is 28.9 Å². The van der Waals surface area contributed by atoms with E-state index in [-0.39, 0.29) is 30.3 Å². The summed E-state index contributed by atoms with van der Waals surface area (Å²) in [5.74, 6) is -0.148. The number of benzene rings is 1. The molecule has 5 nitrogen and oxygen atoms in total. The first-order valence-corrected chi connectivity index (χ1v) is 8.57. The molecule has 0 radical (unpaired) electrons. The van der Waals surface area contributed by atoms with Crippen LogP contribution in [0, 0.1) is 0 Å². The summed E-state index contributed by atoms with van der Waals surface area (Å²) in [4.78, 5) is 24.8. The van der Waals surface area contributed by atoms with Crippen molar-refractivity contribution in [3.8, 4) is 0 Å². The van der Waals surface area contributed by atoms with Gasteiger partial charge < -0.3 is 16.0 Å². The minimum atomic E-state index is -0.140. The number of amides is 2. The Kier molecular flexibility index (Phi) is 6.78. The average Bonchev–Trinajstić information content (AvgIpc) is 3.20. The first kappa shape index (κ1) is 18.4. The fourth-order valence-corrected chi connectivity index (χ4v) is 3.26. The van der Waals surface area contributed by atoms with Crippen LogP contribution in [-0.4, -0.2) is 24.4 Å². The number of rotatable bonds is 5. The van der Waals surface area contributed by atoms with E-state index in [0.717, 1.165) is 19.4 Å². The molecule has 0 bridgehead atoms. The van der Waals surface area contributed by atoms with E-state index in [9.17, 15) is 9.59 Å². The highest BCUT2D eigenvalue weighted by atomic mass is 35.5. The van der Waals surface area contributed by atoms with E-state index in [4.69, 9.17) is 0 Å². The number of hydrogen-bond donors (Lipinski definition) is 3. The summed E-state index contributed by atoms with van der Waals surface area (Å²) in [7, 11) is 0. The molecule has 2 heterocycles. The molecule has 2 amide bonds. The zero-order valence-corrected chi connectivity index (χ0v) is 14.7. The third-order valence-electron chi connectivity index (χ3n) is 3.74. The third-order valence-corrected chi connectivity index (χ3v) is 4.61. The van der Waals surface area contributed by atoms with Crippen molar-refractivity contribution in [1.82, 2.24) is 5.32 Å². The monoisotopic (exact) mass is 365 g/mol. The molecule has 1 atom stereocenters. The molecule has 0 saturated carbocycles. The van der Waals surface area contributed by atoms with Gasteiger partial charge in [0.05, 0.1) is 4.88 Å². The molecular weight excluding hydrogens is 346 g/mol. The Labute approximate surface area is 151 Å². The van der Waals surface area contributed by atoms with E-state index in [2.05, 4.69) is 16.0 Å². The van der Waals surface area contributed by atoms with Gasteiger partial charge in [0, 0.05) is 23.8 Å². The smallest absolute Gasteiger partial charge is 0.265 e. The van der Waals surface area contributed by atoms with Crippen LogP contribution in [0.4, 0.5) is 11.4 Å². The molecule has 3 rings (SSSR count). The SMILES string of the molecule is Cl.O=C(CC1CCCN1)Nc1cccc(NC(=O)c2cccs2)c1. The third kappa shape index (κ3) is 5.06. The second kappa shape index (κ2) is 8.82. The van der Waals surface area contributed by atoms with E-state index in [1.165, 1.54) is 11.3 Å². The van der Waals surface area contributed by atoms with Gasteiger partial charge in [-0.05, 0) is 49.0 Å². The largest absolute Gasteiger partial charge is 0.326 e. The van der Waals surface area contributed by atoms with Crippen molar-refractivity contribution in [3.05, 3.63) is 46.7 Å². The predicted molar refractivity (Wildman–Crippen MR) is 100 cm³/mol. The van der Waals surface area contributed by atoms with Gasteiger partial charge in [-0.1, -0.05) is 12.1 Å². The molecule has 1 aromatic heterocycles. The molecule has 1 aromatic carbocycles. The van der Waals surface area contributed by atoms with E-state index in [0.29, 0.717) is 22.7 Å². The molecule has 1 unspecified atom stereocenters. The summed E-state index contributed by atoms with van der Waals surface area (Å²) < 4.78 is 0. The normalized spacial score (nSPS) is 16.2. The van der Waals surface area contributed by atoms with Crippen molar-refractivity contribution in [2.45, 2.75) is 25.3 Å². The molecule has 7 heteroatoms. The number of thiophene rings is 1. The van der Waals surface area contributed by atoms with Gasteiger partial charge in [0.15, 0.2) is 0 Å². The van der Waals surface area contributed by atoms with Gasteiger partial charge in [0.25, 0.3) is 5.91 Å². The Hall–Kier alpha value is -1.89. The summed E-state index contributed by atoms with van der Waals surface area (Å²) in [6, 6.07) is 11.1. The van der Waals surface area contributed by atoms with Crippen LogP contribution in [0.3, 0.4) is 0 Å². The molecule has 1 aliphatic heterocycles. The van der Waals surface area contributed by atoms with Gasteiger partial charge in [0.2, 0.25) is 5.91 Å². The van der Waals surface area contributed by atoms with Crippen LogP contribution < -0.4 is 16.0 Å². The Bertz CT molecular complexity index is 685. The van der Waals surface area contributed by atoms with Crippen molar-refractivity contribution in [2.75, 3.05) is 17.2 Å². The maximum Gasteiger partial charge on any atom is 0.265 e.